The smallest absolute Gasteiger partial charge is 0.270 e. The number of nitrogens with one attached hydrogen (secondary N) is 1. The minimum absolute atomic E-state index is 0.0494. The van der Waals surface area contributed by atoms with Crippen LogP contribution in [0.15, 0.2) is 64.4 Å². The molecule has 44 heavy (non-hydrogen) atoms. The first-order chi connectivity index (χ1) is 20.8. The summed E-state index contributed by atoms with van der Waals surface area (Å²) in [5.74, 6) is -9.48. The number of non-ortho nitro benzene ring substituents is 1. The van der Waals surface area contributed by atoms with E-state index in [1.807, 2.05) is 0 Å². The Morgan fingerprint density at radius 1 is 1.20 bits per heavy atom. The average molecular weight is 621 g/mol. The van der Waals surface area contributed by atoms with Crippen LogP contribution < -0.4 is 11.1 Å². The molecule has 3 aliphatic rings. The number of aliphatic hydroxyl groups excluding tert-OH is 3. The van der Waals surface area contributed by atoms with Crippen molar-refractivity contribution in [2.45, 2.75) is 31.0 Å². The van der Waals surface area contributed by atoms with Crippen molar-refractivity contribution in [1.82, 2.24) is 4.98 Å². The number of primary amides is 1. The highest BCUT2D eigenvalue weighted by atomic mass is 32.1. The number of aliphatic hydroxyl groups is 4. The fraction of sp³-hybridized carbons (Fsp3) is 0.241. The van der Waals surface area contributed by atoms with Crippen LogP contribution in [-0.2, 0) is 9.59 Å². The monoisotopic (exact) mass is 620 g/mol. The van der Waals surface area contributed by atoms with Crippen molar-refractivity contribution in [3.63, 3.8) is 0 Å². The van der Waals surface area contributed by atoms with Crippen LogP contribution in [0.2, 0.25) is 0 Å². The predicted molar refractivity (Wildman–Crippen MR) is 154 cm³/mol. The van der Waals surface area contributed by atoms with E-state index in [9.17, 15) is 50.0 Å². The molecule has 3 aliphatic carbocycles. The van der Waals surface area contributed by atoms with Crippen molar-refractivity contribution in [3.8, 4) is 17.0 Å². The van der Waals surface area contributed by atoms with E-state index in [-0.39, 0.29) is 22.1 Å². The summed E-state index contributed by atoms with van der Waals surface area (Å²) in [5.41, 5.74) is 1.76. The number of aromatic hydroxyl groups is 1. The van der Waals surface area contributed by atoms with E-state index in [4.69, 9.17) is 5.73 Å². The molecule has 5 atom stereocenters. The lowest BCUT2D eigenvalue weighted by Crippen LogP contribution is -2.62. The summed E-state index contributed by atoms with van der Waals surface area (Å²) < 4.78 is 0. The summed E-state index contributed by atoms with van der Waals surface area (Å²) in [6.45, 7) is 1.63. The summed E-state index contributed by atoms with van der Waals surface area (Å²) in [6.07, 6.45) is -2.19. The molecule has 226 valence electrons. The predicted octanol–water partition coefficient (Wildman–Crippen LogP) is 2.89. The number of Topliss-reactive ketones (excluding diaryl/α,β-unsaturated/α-hetero) is 2. The normalized spacial score (nSPS) is 26.2. The quantitative estimate of drug-likeness (QED) is 0.0942. The zero-order valence-electron chi connectivity index (χ0n) is 22.7. The molecule has 1 aromatic heterocycles. The summed E-state index contributed by atoms with van der Waals surface area (Å²) in [6, 6.07) is 8.92. The number of fused-ring (bicyclic) bond motifs is 3. The molecule has 1 heterocycles. The van der Waals surface area contributed by atoms with E-state index in [0.717, 1.165) is 11.3 Å². The topological polar surface area (TPSA) is 246 Å². The zero-order valence-corrected chi connectivity index (χ0v) is 23.5. The lowest BCUT2D eigenvalue weighted by molar-refractivity contribution is -0.384. The molecule has 14 nitrogen and oxygen atoms in total. The maximum Gasteiger partial charge on any atom is 0.270 e. The molecular formula is C29H24N4O10S. The number of phenols is 1. The largest absolute Gasteiger partial charge is 0.511 e. The Balaban J connectivity index is 1.39. The first-order valence-electron chi connectivity index (χ1n) is 13.3. The zero-order chi connectivity index (χ0) is 31.8. The van der Waals surface area contributed by atoms with Gasteiger partial charge in [-0.3, -0.25) is 24.5 Å². The fourth-order valence-corrected chi connectivity index (χ4v) is 7.19. The Kier molecular flexibility index (Phi) is 6.57. The number of nitrogens with zero attached hydrogens (tertiary/aromatic N) is 2. The van der Waals surface area contributed by atoms with Crippen LogP contribution in [0.3, 0.4) is 0 Å². The highest BCUT2D eigenvalue weighted by molar-refractivity contribution is 7.14. The second-order valence-electron chi connectivity index (χ2n) is 10.9. The minimum atomic E-state index is -2.93. The molecule has 2 aromatic carbocycles. The number of phenolic OH excluding ortho intramolecular Hbond substituents is 1. The number of nitro groups is 1. The number of ketones is 2. The molecule has 3 aromatic rings. The molecule has 0 fully saturated rings. The van der Waals surface area contributed by atoms with Gasteiger partial charge in [-0.1, -0.05) is 25.1 Å². The van der Waals surface area contributed by atoms with Crippen molar-refractivity contribution in [3.05, 3.63) is 85.7 Å². The number of carbonyl (C=O) groups excluding carboxylic acids is 3. The van der Waals surface area contributed by atoms with Crippen molar-refractivity contribution < 1.29 is 44.8 Å². The average Bonchev–Trinajstić information content (AvgIpc) is 3.45. The molecule has 0 radical (unpaired) electrons. The third kappa shape index (κ3) is 4.00. The fourth-order valence-electron chi connectivity index (χ4n) is 6.45. The second kappa shape index (κ2) is 9.97. The number of rotatable bonds is 5. The molecule has 0 saturated heterocycles. The van der Waals surface area contributed by atoms with Gasteiger partial charge in [-0.05, 0) is 17.5 Å². The van der Waals surface area contributed by atoms with Gasteiger partial charge in [0, 0.05) is 46.9 Å². The van der Waals surface area contributed by atoms with Gasteiger partial charge in [0.05, 0.1) is 28.0 Å². The van der Waals surface area contributed by atoms with Crippen molar-refractivity contribution in [2.75, 3.05) is 5.32 Å². The highest BCUT2D eigenvalue weighted by Gasteiger charge is 2.64. The molecule has 1 amide bonds. The number of nitrogens with two attached hydrogens (primary N) is 1. The Labute approximate surface area is 251 Å². The molecular weight excluding hydrogens is 596 g/mol. The van der Waals surface area contributed by atoms with Crippen molar-refractivity contribution >= 4 is 45.3 Å². The van der Waals surface area contributed by atoms with Gasteiger partial charge in [-0.15, -0.1) is 11.3 Å². The number of benzene rings is 2. The van der Waals surface area contributed by atoms with Crippen LogP contribution in [0.5, 0.6) is 5.75 Å². The van der Waals surface area contributed by atoms with Gasteiger partial charge in [-0.25, -0.2) is 4.98 Å². The van der Waals surface area contributed by atoms with E-state index < -0.39 is 86.7 Å². The Morgan fingerprint density at radius 3 is 2.61 bits per heavy atom. The number of allylic oxidation sites excluding steroid dienone is 1. The van der Waals surface area contributed by atoms with Crippen molar-refractivity contribution in [1.29, 1.82) is 0 Å². The van der Waals surface area contributed by atoms with Gasteiger partial charge in [0.1, 0.15) is 17.1 Å². The van der Waals surface area contributed by atoms with Gasteiger partial charge in [0.2, 0.25) is 5.78 Å². The first kappa shape index (κ1) is 29.0. The van der Waals surface area contributed by atoms with Crippen LogP contribution in [0.25, 0.3) is 11.3 Å². The summed E-state index contributed by atoms with van der Waals surface area (Å²) >= 11 is 1.13. The SMILES string of the molecule is C[C@H]1c2ccc(Nc3nc(-c4cccc([N+](=O)[O-])c4)cs3)c(O)c2C(=O)C2=C(O)[C@]3(O)C(=O)C(C(N)=O)=C(O)C[C@@H]3[C@@H](O)[C@@H]21. The third-order valence-electron chi connectivity index (χ3n) is 8.60. The molecule has 6 rings (SSSR count). The number of thiazole rings is 1. The number of amides is 1. The molecule has 0 bridgehead atoms. The number of nitro benzene ring substituents is 1. The van der Waals surface area contributed by atoms with Gasteiger partial charge >= 0.3 is 0 Å². The molecule has 0 saturated carbocycles. The van der Waals surface area contributed by atoms with Gasteiger partial charge < -0.3 is 36.6 Å². The number of hydrogen-bond acceptors (Lipinski definition) is 13. The molecule has 8 N–H and O–H groups in total. The molecule has 0 aliphatic heterocycles. The number of anilines is 2. The molecule has 15 heteroatoms. The number of aromatic nitrogens is 1. The van der Waals surface area contributed by atoms with E-state index in [1.165, 1.54) is 24.3 Å². The van der Waals surface area contributed by atoms with Crippen LogP contribution in [0.4, 0.5) is 16.5 Å². The van der Waals surface area contributed by atoms with Gasteiger partial charge in [-0.2, -0.15) is 0 Å². The summed E-state index contributed by atoms with van der Waals surface area (Å²) in [7, 11) is 0. The second-order valence-corrected chi connectivity index (χ2v) is 11.7. The van der Waals surface area contributed by atoms with E-state index in [1.54, 1.807) is 24.4 Å². The number of carbonyl (C=O) groups is 3. The Morgan fingerprint density at radius 2 is 1.93 bits per heavy atom. The van der Waals surface area contributed by atoms with Crippen molar-refractivity contribution in [2.24, 2.45) is 17.6 Å². The summed E-state index contributed by atoms with van der Waals surface area (Å²) in [5, 5.41) is 71.6. The minimum Gasteiger partial charge on any atom is -0.511 e. The maximum absolute atomic E-state index is 13.9. The highest BCUT2D eigenvalue weighted by Crippen LogP contribution is 2.55. The van der Waals surface area contributed by atoms with Gasteiger partial charge in [0.15, 0.2) is 22.3 Å². The Bertz CT molecular complexity index is 1880. The van der Waals surface area contributed by atoms with Crippen LogP contribution in [0.1, 0.15) is 35.2 Å². The third-order valence-corrected chi connectivity index (χ3v) is 9.36. The van der Waals surface area contributed by atoms with Crippen LogP contribution in [-0.4, -0.2) is 64.6 Å². The first-order valence-corrected chi connectivity index (χ1v) is 14.1. The molecule has 0 spiro atoms. The summed E-state index contributed by atoms with van der Waals surface area (Å²) in [4.78, 5) is 54.0. The van der Waals surface area contributed by atoms with Gasteiger partial charge in [0.25, 0.3) is 11.6 Å². The lowest BCUT2D eigenvalue weighted by Gasteiger charge is -2.50. The molecule has 0 unspecified atom stereocenters. The van der Waals surface area contributed by atoms with E-state index in [0.29, 0.717) is 16.8 Å². The maximum atomic E-state index is 13.9. The number of hydrogen-bond donors (Lipinski definition) is 7. The van der Waals surface area contributed by atoms with Crippen LogP contribution >= 0.6 is 11.3 Å². The Hall–Kier alpha value is -5.12. The van der Waals surface area contributed by atoms with E-state index in [2.05, 4.69) is 10.3 Å². The van der Waals surface area contributed by atoms with Crippen LogP contribution in [0, 0.1) is 22.0 Å². The lowest BCUT2D eigenvalue weighted by atomic mass is 9.56. The standard InChI is InChI=1S/C29H24N4O10S/c1-10-13-5-6-15(31-28-32-16(9-44-28)11-3-2-4-12(7-11)33(42)43)23(36)19(13)24(37)21-18(10)22(35)14-8-17(34)20(27(30)40)25(38)29(14,41)26(21)39/h2-7,9-10,14,18,22,34-36,39,41H,8H2,1H3,(H2,30,40)(H,31,32)/t10-,14+,18+,22+,29+/m0/s1. The van der Waals surface area contributed by atoms with E-state index >= 15 is 0 Å².